The van der Waals surface area contributed by atoms with Gasteiger partial charge in [-0.1, -0.05) is 18.2 Å². The molecule has 0 spiro atoms. The molecule has 2 aromatic rings. The third kappa shape index (κ3) is 3.99. The first kappa shape index (κ1) is 16.1. The first-order valence-corrected chi connectivity index (χ1v) is 8.88. The van der Waals surface area contributed by atoms with E-state index in [0.717, 1.165) is 30.5 Å². The summed E-state index contributed by atoms with van der Waals surface area (Å²) in [6.45, 7) is 3.78. The van der Waals surface area contributed by atoms with Crippen LogP contribution in [0, 0.1) is 0 Å². The fourth-order valence-electron chi connectivity index (χ4n) is 3.14. The number of carbonyl (C=O) groups excluding carboxylic acids is 1. The summed E-state index contributed by atoms with van der Waals surface area (Å²) in [7, 11) is 0. The van der Waals surface area contributed by atoms with Crippen molar-refractivity contribution >= 4 is 5.91 Å². The summed E-state index contributed by atoms with van der Waals surface area (Å²) in [5.41, 5.74) is 0. The highest BCUT2D eigenvalue weighted by Crippen LogP contribution is 2.39. The zero-order valence-electron chi connectivity index (χ0n) is 14.2. The molecule has 2 aliphatic rings. The molecule has 1 amide bonds. The van der Waals surface area contributed by atoms with E-state index in [9.17, 15) is 4.79 Å². The molecule has 0 atom stereocenters. The molecule has 0 bridgehead atoms. The minimum atomic E-state index is 0.0204. The van der Waals surface area contributed by atoms with Gasteiger partial charge in [-0.2, -0.15) is 0 Å². The lowest BCUT2D eigenvalue weighted by Gasteiger charge is -2.27. The number of hydrogen-bond acceptors (Lipinski definition) is 5. The van der Waals surface area contributed by atoms with Crippen LogP contribution in [-0.2, 0) is 17.9 Å². The van der Waals surface area contributed by atoms with Gasteiger partial charge in [-0.05, 0) is 25.0 Å². The number of nitrogens with one attached hydrogen (secondary N) is 1. The van der Waals surface area contributed by atoms with Gasteiger partial charge in [0.05, 0.1) is 19.6 Å². The standard InChI is InChI=1S/C18H23N5O2/c24-17(19-8-11-25-15-4-2-1-3-5-15)13-22-9-10-23-16(12-22)20-21-18(23)14-6-7-14/h1-5,14H,6-13H2,(H,19,24). The van der Waals surface area contributed by atoms with Gasteiger partial charge < -0.3 is 14.6 Å². The van der Waals surface area contributed by atoms with E-state index in [0.29, 0.717) is 32.2 Å². The van der Waals surface area contributed by atoms with Gasteiger partial charge in [0.25, 0.3) is 0 Å². The van der Waals surface area contributed by atoms with Crippen molar-refractivity contribution in [3.63, 3.8) is 0 Å². The summed E-state index contributed by atoms with van der Waals surface area (Å²) in [6, 6.07) is 9.61. The highest BCUT2D eigenvalue weighted by Gasteiger charge is 2.32. The van der Waals surface area contributed by atoms with E-state index in [-0.39, 0.29) is 5.91 Å². The Morgan fingerprint density at radius 2 is 2.04 bits per heavy atom. The Morgan fingerprint density at radius 3 is 2.84 bits per heavy atom. The van der Waals surface area contributed by atoms with Crippen molar-refractivity contribution in [3.05, 3.63) is 42.0 Å². The molecule has 0 saturated heterocycles. The van der Waals surface area contributed by atoms with E-state index < -0.39 is 0 Å². The molecule has 4 rings (SSSR count). The smallest absolute Gasteiger partial charge is 0.234 e. The highest BCUT2D eigenvalue weighted by atomic mass is 16.5. The topological polar surface area (TPSA) is 72.3 Å². The zero-order chi connectivity index (χ0) is 17.1. The van der Waals surface area contributed by atoms with Crippen molar-refractivity contribution in [2.24, 2.45) is 0 Å². The van der Waals surface area contributed by atoms with E-state index in [2.05, 4.69) is 25.0 Å². The fourth-order valence-corrected chi connectivity index (χ4v) is 3.14. The van der Waals surface area contributed by atoms with Crippen LogP contribution in [0.5, 0.6) is 5.75 Å². The minimum Gasteiger partial charge on any atom is -0.492 e. The summed E-state index contributed by atoms with van der Waals surface area (Å²) in [5, 5.41) is 11.5. The molecule has 1 saturated carbocycles. The van der Waals surface area contributed by atoms with Gasteiger partial charge in [-0.3, -0.25) is 9.69 Å². The second-order valence-corrected chi connectivity index (χ2v) is 6.62. The predicted molar refractivity (Wildman–Crippen MR) is 92.2 cm³/mol. The lowest BCUT2D eigenvalue weighted by Crippen LogP contribution is -2.42. The maximum absolute atomic E-state index is 12.1. The molecule has 132 valence electrons. The summed E-state index contributed by atoms with van der Waals surface area (Å²) >= 11 is 0. The molecule has 1 fully saturated rings. The molecular weight excluding hydrogens is 318 g/mol. The average Bonchev–Trinajstić information content (AvgIpc) is 3.39. The summed E-state index contributed by atoms with van der Waals surface area (Å²) in [6.07, 6.45) is 2.46. The normalized spacial score (nSPS) is 17.1. The number of ether oxygens (including phenoxy) is 1. The molecule has 0 unspecified atom stereocenters. The van der Waals surface area contributed by atoms with Gasteiger partial charge in [0.2, 0.25) is 5.91 Å². The second kappa shape index (κ2) is 7.23. The van der Waals surface area contributed by atoms with Crippen LogP contribution in [0.3, 0.4) is 0 Å². The number of nitrogens with zero attached hydrogens (tertiary/aromatic N) is 4. The van der Waals surface area contributed by atoms with E-state index >= 15 is 0 Å². The van der Waals surface area contributed by atoms with Crippen LogP contribution < -0.4 is 10.1 Å². The number of fused-ring (bicyclic) bond motifs is 1. The van der Waals surface area contributed by atoms with Crippen molar-refractivity contribution in [2.45, 2.75) is 31.8 Å². The number of amides is 1. The monoisotopic (exact) mass is 341 g/mol. The lowest BCUT2D eigenvalue weighted by molar-refractivity contribution is -0.122. The number of para-hydroxylation sites is 1. The van der Waals surface area contributed by atoms with Gasteiger partial charge in [-0.25, -0.2) is 0 Å². The minimum absolute atomic E-state index is 0.0204. The molecule has 1 aliphatic heterocycles. The van der Waals surface area contributed by atoms with Crippen LogP contribution in [-0.4, -0.2) is 51.8 Å². The summed E-state index contributed by atoms with van der Waals surface area (Å²) < 4.78 is 7.81. The van der Waals surface area contributed by atoms with E-state index in [1.165, 1.54) is 12.8 Å². The fraction of sp³-hybridized carbons (Fsp3) is 0.500. The third-order valence-electron chi connectivity index (χ3n) is 4.61. The number of carbonyl (C=O) groups is 1. The largest absolute Gasteiger partial charge is 0.492 e. The van der Waals surface area contributed by atoms with Crippen molar-refractivity contribution in [1.29, 1.82) is 0 Å². The SMILES string of the molecule is O=C(CN1CCn2c(nnc2C2CC2)C1)NCCOc1ccccc1. The Balaban J connectivity index is 1.19. The van der Waals surface area contributed by atoms with Gasteiger partial charge in [0, 0.05) is 19.0 Å². The van der Waals surface area contributed by atoms with Crippen molar-refractivity contribution < 1.29 is 9.53 Å². The first-order chi connectivity index (χ1) is 12.3. The number of benzene rings is 1. The number of aromatic nitrogens is 3. The first-order valence-electron chi connectivity index (χ1n) is 8.88. The van der Waals surface area contributed by atoms with Crippen molar-refractivity contribution in [2.75, 3.05) is 26.2 Å². The molecule has 1 aromatic heterocycles. The average molecular weight is 341 g/mol. The Bertz CT molecular complexity index is 726. The van der Waals surface area contributed by atoms with Crippen molar-refractivity contribution in [3.8, 4) is 5.75 Å². The summed E-state index contributed by atoms with van der Waals surface area (Å²) in [4.78, 5) is 14.2. The van der Waals surface area contributed by atoms with Crippen molar-refractivity contribution in [1.82, 2.24) is 25.0 Å². The Morgan fingerprint density at radius 1 is 1.20 bits per heavy atom. The Labute approximate surface area is 147 Å². The van der Waals surface area contributed by atoms with E-state index in [1.807, 2.05) is 30.3 Å². The van der Waals surface area contributed by atoms with Crippen LogP contribution in [0.2, 0.25) is 0 Å². The molecule has 1 N–H and O–H groups in total. The van der Waals surface area contributed by atoms with Crippen LogP contribution >= 0.6 is 0 Å². The molecule has 1 aliphatic carbocycles. The molecule has 7 heteroatoms. The lowest BCUT2D eigenvalue weighted by atomic mass is 10.3. The van der Waals surface area contributed by atoms with E-state index in [1.54, 1.807) is 0 Å². The van der Waals surface area contributed by atoms with Crippen LogP contribution in [0.25, 0.3) is 0 Å². The molecule has 0 radical (unpaired) electrons. The van der Waals surface area contributed by atoms with E-state index in [4.69, 9.17) is 4.74 Å². The number of rotatable bonds is 7. The van der Waals surface area contributed by atoms with Crippen LogP contribution in [0.4, 0.5) is 0 Å². The van der Waals surface area contributed by atoms with Gasteiger partial charge in [0.15, 0.2) is 0 Å². The summed E-state index contributed by atoms with van der Waals surface area (Å²) in [5.74, 6) is 3.57. The maximum Gasteiger partial charge on any atom is 0.234 e. The predicted octanol–water partition coefficient (Wildman–Crippen LogP) is 1.17. The Hall–Kier alpha value is -2.41. The quantitative estimate of drug-likeness (QED) is 0.766. The maximum atomic E-state index is 12.1. The van der Waals surface area contributed by atoms with Gasteiger partial charge in [-0.15, -0.1) is 10.2 Å². The van der Waals surface area contributed by atoms with Crippen LogP contribution in [0.1, 0.15) is 30.4 Å². The Kier molecular flexibility index (Phi) is 4.65. The molecule has 7 nitrogen and oxygen atoms in total. The molecule has 2 heterocycles. The molecule has 25 heavy (non-hydrogen) atoms. The molecule has 1 aromatic carbocycles. The van der Waals surface area contributed by atoms with Crippen LogP contribution in [0.15, 0.2) is 30.3 Å². The second-order valence-electron chi connectivity index (χ2n) is 6.62. The molecular formula is C18H23N5O2. The zero-order valence-corrected chi connectivity index (χ0v) is 14.2. The number of hydrogen-bond donors (Lipinski definition) is 1. The van der Waals surface area contributed by atoms with Gasteiger partial charge >= 0.3 is 0 Å². The van der Waals surface area contributed by atoms with Gasteiger partial charge in [0.1, 0.15) is 24.0 Å². The third-order valence-corrected chi connectivity index (χ3v) is 4.61. The highest BCUT2D eigenvalue weighted by molar-refractivity contribution is 5.78.